The fourth-order valence-corrected chi connectivity index (χ4v) is 4.56. The SMILES string of the molecule is Cc1nc2cc(C(=O)N3CCN(c4ccc(Cl)cc4)CC3)ccc2n(Cc2ccccc2)c1=O. The average molecular weight is 473 g/mol. The highest BCUT2D eigenvalue weighted by Crippen LogP contribution is 2.21. The van der Waals surface area contributed by atoms with Gasteiger partial charge in [-0.05, 0) is 55.0 Å². The number of fused-ring (bicyclic) bond motifs is 1. The zero-order valence-electron chi connectivity index (χ0n) is 18.9. The molecule has 0 unspecified atom stereocenters. The standard InChI is InChI=1S/C27H25ClN4O2/c1-19-26(33)32(18-20-5-3-2-4-6-20)25-12-7-21(17-24(25)29-19)27(34)31-15-13-30(14-16-31)23-10-8-22(28)9-11-23/h2-12,17H,13-16,18H2,1H3. The van der Waals surface area contributed by atoms with Crippen molar-refractivity contribution in [2.75, 3.05) is 31.1 Å². The molecule has 34 heavy (non-hydrogen) atoms. The van der Waals surface area contributed by atoms with Gasteiger partial charge in [0, 0.05) is 42.5 Å². The van der Waals surface area contributed by atoms with Crippen LogP contribution in [0.2, 0.25) is 5.02 Å². The van der Waals surface area contributed by atoms with E-state index in [0.717, 1.165) is 29.9 Å². The first kappa shape index (κ1) is 22.2. The molecule has 1 aliphatic rings. The third-order valence-electron chi connectivity index (χ3n) is 6.30. The van der Waals surface area contributed by atoms with Gasteiger partial charge in [0.1, 0.15) is 5.69 Å². The second-order valence-electron chi connectivity index (χ2n) is 8.53. The molecule has 6 nitrogen and oxygen atoms in total. The van der Waals surface area contributed by atoms with Crippen molar-refractivity contribution in [3.05, 3.63) is 105 Å². The third kappa shape index (κ3) is 4.41. The van der Waals surface area contributed by atoms with Crippen molar-refractivity contribution in [2.24, 2.45) is 0 Å². The van der Waals surface area contributed by atoms with E-state index in [1.807, 2.05) is 65.6 Å². The number of carbonyl (C=O) groups excluding carboxylic acids is 1. The zero-order chi connectivity index (χ0) is 23.7. The number of amides is 1. The summed E-state index contributed by atoms with van der Waals surface area (Å²) in [7, 11) is 0. The largest absolute Gasteiger partial charge is 0.368 e. The van der Waals surface area contributed by atoms with E-state index in [-0.39, 0.29) is 11.5 Å². The summed E-state index contributed by atoms with van der Waals surface area (Å²) >= 11 is 6.00. The minimum atomic E-state index is -0.117. The molecule has 2 heterocycles. The molecule has 1 fully saturated rings. The quantitative estimate of drug-likeness (QED) is 0.442. The summed E-state index contributed by atoms with van der Waals surface area (Å²) < 4.78 is 1.73. The maximum Gasteiger partial charge on any atom is 0.272 e. The second kappa shape index (κ2) is 9.31. The Morgan fingerprint density at radius 2 is 1.65 bits per heavy atom. The summed E-state index contributed by atoms with van der Waals surface area (Å²) in [5, 5.41) is 0.715. The monoisotopic (exact) mass is 472 g/mol. The van der Waals surface area contributed by atoms with Gasteiger partial charge >= 0.3 is 0 Å². The molecule has 1 amide bonds. The number of hydrogen-bond donors (Lipinski definition) is 0. The smallest absolute Gasteiger partial charge is 0.272 e. The van der Waals surface area contributed by atoms with Crippen LogP contribution in [0.3, 0.4) is 0 Å². The molecule has 0 spiro atoms. The zero-order valence-corrected chi connectivity index (χ0v) is 19.7. The van der Waals surface area contributed by atoms with Gasteiger partial charge in [-0.3, -0.25) is 9.59 Å². The van der Waals surface area contributed by atoms with Crippen LogP contribution in [0.5, 0.6) is 0 Å². The lowest BCUT2D eigenvalue weighted by Crippen LogP contribution is -2.48. The maximum atomic E-state index is 13.3. The van der Waals surface area contributed by atoms with E-state index < -0.39 is 0 Å². The molecule has 1 saturated heterocycles. The normalized spacial score (nSPS) is 13.9. The van der Waals surface area contributed by atoms with Crippen LogP contribution in [-0.2, 0) is 6.54 Å². The number of piperazine rings is 1. The fourth-order valence-electron chi connectivity index (χ4n) is 4.43. The summed E-state index contributed by atoms with van der Waals surface area (Å²) in [4.78, 5) is 34.7. The molecule has 0 atom stereocenters. The van der Waals surface area contributed by atoms with Crippen LogP contribution in [-0.4, -0.2) is 46.5 Å². The molecule has 5 rings (SSSR count). The van der Waals surface area contributed by atoms with Crippen molar-refractivity contribution in [3.63, 3.8) is 0 Å². The minimum Gasteiger partial charge on any atom is -0.368 e. The number of aryl methyl sites for hydroxylation is 1. The van der Waals surface area contributed by atoms with Gasteiger partial charge in [0.25, 0.3) is 11.5 Å². The van der Waals surface area contributed by atoms with E-state index in [4.69, 9.17) is 11.6 Å². The number of aromatic nitrogens is 2. The maximum absolute atomic E-state index is 13.3. The lowest BCUT2D eigenvalue weighted by molar-refractivity contribution is 0.0747. The van der Waals surface area contributed by atoms with Crippen molar-refractivity contribution < 1.29 is 4.79 Å². The van der Waals surface area contributed by atoms with Gasteiger partial charge in [-0.25, -0.2) is 4.98 Å². The third-order valence-corrected chi connectivity index (χ3v) is 6.55. The Hall–Kier alpha value is -3.64. The Balaban J connectivity index is 1.37. The summed E-state index contributed by atoms with van der Waals surface area (Å²) in [5.74, 6) is -0.0158. The first-order valence-electron chi connectivity index (χ1n) is 11.3. The van der Waals surface area contributed by atoms with Crippen LogP contribution in [0.15, 0.2) is 77.6 Å². The lowest BCUT2D eigenvalue weighted by atomic mass is 10.1. The average Bonchev–Trinajstić information content (AvgIpc) is 2.87. The van der Waals surface area contributed by atoms with Gasteiger partial charge in [0.2, 0.25) is 0 Å². The number of halogens is 1. The molecule has 172 valence electrons. The predicted octanol–water partition coefficient (Wildman–Crippen LogP) is 4.37. The highest BCUT2D eigenvalue weighted by Gasteiger charge is 2.23. The van der Waals surface area contributed by atoms with Crippen LogP contribution < -0.4 is 10.5 Å². The number of rotatable bonds is 4. The summed E-state index contributed by atoms with van der Waals surface area (Å²) in [6.45, 7) is 4.97. The molecule has 3 aromatic carbocycles. The Bertz CT molecular complexity index is 1390. The van der Waals surface area contributed by atoms with Gasteiger partial charge in [-0.15, -0.1) is 0 Å². The molecule has 0 N–H and O–H groups in total. The van der Waals surface area contributed by atoms with Gasteiger partial charge in [-0.1, -0.05) is 41.9 Å². The molecular formula is C27H25ClN4O2. The van der Waals surface area contributed by atoms with Crippen LogP contribution in [0.4, 0.5) is 5.69 Å². The number of carbonyl (C=O) groups is 1. The Morgan fingerprint density at radius 3 is 2.35 bits per heavy atom. The highest BCUT2D eigenvalue weighted by atomic mass is 35.5. The highest BCUT2D eigenvalue weighted by molar-refractivity contribution is 6.30. The number of nitrogens with zero attached hydrogens (tertiary/aromatic N) is 4. The van der Waals surface area contributed by atoms with Crippen molar-refractivity contribution >= 4 is 34.2 Å². The van der Waals surface area contributed by atoms with E-state index in [9.17, 15) is 9.59 Å². The fraction of sp³-hybridized carbons (Fsp3) is 0.222. The van der Waals surface area contributed by atoms with E-state index in [1.165, 1.54) is 0 Å². The lowest BCUT2D eigenvalue weighted by Gasteiger charge is -2.36. The number of anilines is 1. The van der Waals surface area contributed by atoms with Crippen LogP contribution >= 0.6 is 11.6 Å². The molecule has 1 aliphatic heterocycles. The molecule has 0 saturated carbocycles. The summed E-state index contributed by atoms with van der Waals surface area (Å²) in [6.07, 6.45) is 0. The molecule has 0 bridgehead atoms. The molecule has 0 aliphatic carbocycles. The van der Waals surface area contributed by atoms with Crippen molar-refractivity contribution in [1.29, 1.82) is 0 Å². The van der Waals surface area contributed by atoms with Gasteiger partial charge in [0.15, 0.2) is 0 Å². The van der Waals surface area contributed by atoms with Crippen LogP contribution in [0.1, 0.15) is 21.6 Å². The van der Waals surface area contributed by atoms with E-state index in [1.54, 1.807) is 23.6 Å². The predicted molar refractivity (Wildman–Crippen MR) is 136 cm³/mol. The van der Waals surface area contributed by atoms with Gasteiger partial charge in [0.05, 0.1) is 17.6 Å². The van der Waals surface area contributed by atoms with Crippen molar-refractivity contribution in [1.82, 2.24) is 14.5 Å². The number of hydrogen-bond acceptors (Lipinski definition) is 4. The molecular weight excluding hydrogens is 448 g/mol. The Kier molecular flexibility index (Phi) is 6.07. The summed E-state index contributed by atoms with van der Waals surface area (Å²) in [5.41, 5.74) is 4.42. The van der Waals surface area contributed by atoms with Gasteiger partial charge < -0.3 is 14.4 Å². The van der Waals surface area contributed by atoms with Crippen LogP contribution in [0, 0.1) is 6.92 Å². The molecule has 0 radical (unpaired) electrons. The molecule has 1 aromatic heterocycles. The molecule has 4 aromatic rings. The van der Waals surface area contributed by atoms with Crippen molar-refractivity contribution in [2.45, 2.75) is 13.5 Å². The van der Waals surface area contributed by atoms with Crippen LogP contribution in [0.25, 0.3) is 11.0 Å². The second-order valence-corrected chi connectivity index (χ2v) is 8.97. The van der Waals surface area contributed by atoms with E-state index >= 15 is 0 Å². The molecule has 7 heteroatoms. The Morgan fingerprint density at radius 1 is 0.941 bits per heavy atom. The van der Waals surface area contributed by atoms with E-state index in [2.05, 4.69) is 9.88 Å². The topological polar surface area (TPSA) is 58.4 Å². The van der Waals surface area contributed by atoms with Gasteiger partial charge in [-0.2, -0.15) is 0 Å². The summed E-state index contributed by atoms with van der Waals surface area (Å²) in [6, 6.07) is 23.1. The van der Waals surface area contributed by atoms with E-state index in [0.29, 0.717) is 41.4 Å². The number of benzene rings is 3. The first-order chi connectivity index (χ1) is 16.5. The minimum absolute atomic E-state index is 0.0158. The van der Waals surface area contributed by atoms with Crippen molar-refractivity contribution in [3.8, 4) is 0 Å². The Labute approximate surface area is 203 Å². The first-order valence-corrected chi connectivity index (χ1v) is 11.7.